The van der Waals surface area contributed by atoms with Crippen LogP contribution >= 0.6 is 0 Å². The van der Waals surface area contributed by atoms with Gasteiger partial charge in [-0.15, -0.1) is 0 Å². The molecule has 0 aliphatic rings. The van der Waals surface area contributed by atoms with Crippen molar-refractivity contribution < 1.29 is 14.2 Å². The Morgan fingerprint density at radius 1 is 0.889 bits per heavy atom. The molecule has 0 aliphatic carbocycles. The molecule has 0 spiro atoms. The largest absolute Gasteiger partial charge is 0.493 e. The number of aromatic nitrogens is 2. The van der Waals surface area contributed by atoms with E-state index in [1.54, 1.807) is 14.2 Å². The summed E-state index contributed by atoms with van der Waals surface area (Å²) in [4.78, 5) is 8.56. The van der Waals surface area contributed by atoms with Crippen LogP contribution in [0.5, 0.6) is 17.4 Å². The molecule has 27 heavy (non-hydrogen) atoms. The predicted molar refractivity (Wildman–Crippen MR) is 105 cm³/mol. The normalized spacial score (nSPS) is 11.7. The summed E-state index contributed by atoms with van der Waals surface area (Å²) in [6, 6.07) is 14.1. The standard InChI is InChI=1S/C22H24N2O3/c1-4-27-22-8-6-18(15-24-22)19(13-16-9-11-23-12-10-16)17-5-7-20(25-2)21(14-17)26-3/h5-12,14-15,19H,4,13H2,1-3H3. The Balaban J connectivity index is 1.99. The molecule has 0 aliphatic heterocycles. The molecule has 5 heteroatoms. The Hall–Kier alpha value is -3.08. The van der Waals surface area contributed by atoms with Gasteiger partial charge in [-0.1, -0.05) is 12.1 Å². The summed E-state index contributed by atoms with van der Waals surface area (Å²) >= 11 is 0. The van der Waals surface area contributed by atoms with Crippen LogP contribution in [0.4, 0.5) is 0 Å². The molecule has 2 aromatic heterocycles. The lowest BCUT2D eigenvalue weighted by atomic mass is 9.87. The van der Waals surface area contributed by atoms with Crippen LogP contribution < -0.4 is 14.2 Å². The fourth-order valence-corrected chi connectivity index (χ4v) is 3.08. The van der Waals surface area contributed by atoms with E-state index in [0.29, 0.717) is 24.0 Å². The lowest BCUT2D eigenvalue weighted by Crippen LogP contribution is -2.07. The van der Waals surface area contributed by atoms with Crippen LogP contribution in [0.1, 0.15) is 29.5 Å². The Morgan fingerprint density at radius 3 is 2.26 bits per heavy atom. The molecule has 0 amide bonds. The SMILES string of the molecule is CCOc1ccc(C(Cc2ccncc2)c2ccc(OC)c(OC)c2)cn1. The highest BCUT2D eigenvalue weighted by Gasteiger charge is 2.18. The second kappa shape index (κ2) is 9.03. The van der Waals surface area contributed by atoms with Gasteiger partial charge >= 0.3 is 0 Å². The van der Waals surface area contributed by atoms with E-state index in [0.717, 1.165) is 17.5 Å². The highest BCUT2D eigenvalue weighted by atomic mass is 16.5. The second-order valence-electron chi connectivity index (χ2n) is 6.09. The molecule has 5 nitrogen and oxygen atoms in total. The lowest BCUT2D eigenvalue weighted by molar-refractivity contribution is 0.326. The van der Waals surface area contributed by atoms with Crippen molar-refractivity contribution in [3.63, 3.8) is 0 Å². The molecule has 140 valence electrons. The molecule has 0 saturated carbocycles. The van der Waals surface area contributed by atoms with Crippen molar-refractivity contribution in [1.82, 2.24) is 9.97 Å². The van der Waals surface area contributed by atoms with Crippen molar-refractivity contribution >= 4 is 0 Å². The van der Waals surface area contributed by atoms with Crippen molar-refractivity contribution in [2.45, 2.75) is 19.3 Å². The van der Waals surface area contributed by atoms with Crippen LogP contribution in [0, 0.1) is 0 Å². The summed E-state index contributed by atoms with van der Waals surface area (Å²) < 4.78 is 16.3. The maximum atomic E-state index is 5.49. The molecule has 1 unspecified atom stereocenters. The Morgan fingerprint density at radius 2 is 1.63 bits per heavy atom. The number of ether oxygens (including phenoxy) is 3. The quantitative estimate of drug-likeness (QED) is 0.597. The van der Waals surface area contributed by atoms with E-state index in [-0.39, 0.29) is 5.92 Å². The van der Waals surface area contributed by atoms with Gasteiger partial charge in [0, 0.05) is 30.6 Å². The molecule has 0 saturated heterocycles. The molecule has 3 aromatic rings. The van der Waals surface area contributed by atoms with Crippen molar-refractivity contribution in [3.8, 4) is 17.4 Å². The zero-order valence-electron chi connectivity index (χ0n) is 15.9. The highest BCUT2D eigenvalue weighted by molar-refractivity contribution is 5.46. The van der Waals surface area contributed by atoms with Crippen molar-refractivity contribution in [2.75, 3.05) is 20.8 Å². The molecule has 0 radical (unpaired) electrons. The predicted octanol–water partition coefficient (Wildman–Crippen LogP) is 4.27. The number of hydrogen-bond acceptors (Lipinski definition) is 5. The van der Waals surface area contributed by atoms with E-state index in [2.05, 4.69) is 22.1 Å². The van der Waals surface area contributed by atoms with Gasteiger partial charge in [-0.3, -0.25) is 4.98 Å². The maximum absolute atomic E-state index is 5.49. The van der Waals surface area contributed by atoms with E-state index in [1.807, 2.05) is 55.8 Å². The molecule has 2 heterocycles. The molecule has 0 bridgehead atoms. The molecule has 0 fully saturated rings. The van der Waals surface area contributed by atoms with Gasteiger partial charge < -0.3 is 14.2 Å². The summed E-state index contributed by atoms with van der Waals surface area (Å²) in [5.74, 6) is 2.19. The van der Waals surface area contributed by atoms with Crippen LogP contribution in [0.2, 0.25) is 0 Å². The zero-order valence-corrected chi connectivity index (χ0v) is 15.9. The third kappa shape index (κ3) is 4.56. The molecule has 1 atom stereocenters. The minimum absolute atomic E-state index is 0.121. The first-order chi connectivity index (χ1) is 13.2. The van der Waals surface area contributed by atoms with Crippen LogP contribution in [-0.2, 0) is 6.42 Å². The number of nitrogens with zero attached hydrogens (tertiary/aromatic N) is 2. The smallest absolute Gasteiger partial charge is 0.213 e. The van der Waals surface area contributed by atoms with Crippen LogP contribution in [0.3, 0.4) is 0 Å². The monoisotopic (exact) mass is 364 g/mol. The first kappa shape index (κ1) is 18.7. The maximum Gasteiger partial charge on any atom is 0.213 e. The lowest BCUT2D eigenvalue weighted by Gasteiger charge is -2.20. The Kier molecular flexibility index (Phi) is 6.26. The van der Waals surface area contributed by atoms with E-state index >= 15 is 0 Å². The van der Waals surface area contributed by atoms with Gasteiger partial charge in [0.1, 0.15) is 0 Å². The minimum Gasteiger partial charge on any atom is -0.493 e. The van der Waals surface area contributed by atoms with Gasteiger partial charge in [0.15, 0.2) is 11.5 Å². The summed E-state index contributed by atoms with van der Waals surface area (Å²) in [6.45, 7) is 2.55. The van der Waals surface area contributed by atoms with Gasteiger partial charge in [0.05, 0.1) is 20.8 Å². The minimum atomic E-state index is 0.121. The van der Waals surface area contributed by atoms with Crippen molar-refractivity contribution in [2.24, 2.45) is 0 Å². The zero-order chi connectivity index (χ0) is 19.1. The number of benzene rings is 1. The first-order valence-corrected chi connectivity index (χ1v) is 8.94. The van der Waals surface area contributed by atoms with E-state index < -0.39 is 0 Å². The fraction of sp³-hybridized carbons (Fsp3) is 0.273. The van der Waals surface area contributed by atoms with Gasteiger partial charge in [-0.05, 0) is 54.3 Å². The number of rotatable bonds is 8. The summed E-state index contributed by atoms with van der Waals surface area (Å²) in [5.41, 5.74) is 3.46. The third-order valence-corrected chi connectivity index (χ3v) is 4.45. The first-order valence-electron chi connectivity index (χ1n) is 8.94. The highest BCUT2D eigenvalue weighted by Crippen LogP contribution is 2.35. The van der Waals surface area contributed by atoms with E-state index in [4.69, 9.17) is 14.2 Å². The Bertz CT molecular complexity index is 851. The number of methoxy groups -OCH3 is 2. The third-order valence-electron chi connectivity index (χ3n) is 4.45. The summed E-state index contributed by atoms with van der Waals surface area (Å²) in [5, 5.41) is 0. The molecule has 3 rings (SSSR count). The van der Waals surface area contributed by atoms with E-state index in [1.165, 1.54) is 5.56 Å². The average Bonchev–Trinajstić information content (AvgIpc) is 2.73. The van der Waals surface area contributed by atoms with E-state index in [9.17, 15) is 0 Å². The van der Waals surface area contributed by atoms with Gasteiger partial charge in [-0.25, -0.2) is 4.98 Å². The van der Waals surface area contributed by atoms with Crippen LogP contribution in [-0.4, -0.2) is 30.8 Å². The van der Waals surface area contributed by atoms with Gasteiger partial charge in [0.25, 0.3) is 0 Å². The van der Waals surface area contributed by atoms with Crippen molar-refractivity contribution in [1.29, 1.82) is 0 Å². The second-order valence-corrected chi connectivity index (χ2v) is 6.09. The van der Waals surface area contributed by atoms with Crippen molar-refractivity contribution in [3.05, 3.63) is 77.7 Å². The fourth-order valence-electron chi connectivity index (χ4n) is 3.08. The van der Waals surface area contributed by atoms with Crippen LogP contribution in [0.15, 0.2) is 61.1 Å². The molecule has 1 aromatic carbocycles. The van der Waals surface area contributed by atoms with Crippen LogP contribution in [0.25, 0.3) is 0 Å². The summed E-state index contributed by atoms with van der Waals surface area (Å²) in [6.07, 6.45) is 6.34. The molecule has 0 N–H and O–H groups in total. The molecular formula is C22H24N2O3. The average molecular weight is 364 g/mol. The summed E-state index contributed by atoms with van der Waals surface area (Å²) in [7, 11) is 3.29. The van der Waals surface area contributed by atoms with Gasteiger partial charge in [0.2, 0.25) is 5.88 Å². The number of pyridine rings is 2. The molecular weight excluding hydrogens is 340 g/mol. The number of hydrogen-bond donors (Lipinski definition) is 0. The topological polar surface area (TPSA) is 53.5 Å². The van der Waals surface area contributed by atoms with Gasteiger partial charge in [-0.2, -0.15) is 0 Å². The Labute approximate surface area is 160 Å².